The third-order valence-corrected chi connectivity index (χ3v) is 4.28. The highest BCUT2D eigenvalue weighted by atomic mass is 32.2. The fraction of sp³-hybridized carbons (Fsp3) is 0.500. The third kappa shape index (κ3) is 4.85. The van der Waals surface area contributed by atoms with Crippen molar-refractivity contribution in [2.24, 2.45) is 0 Å². The van der Waals surface area contributed by atoms with Crippen molar-refractivity contribution >= 4 is 21.6 Å². The first-order valence-corrected chi connectivity index (χ1v) is 8.00. The van der Waals surface area contributed by atoms with Crippen LogP contribution in [0.15, 0.2) is 24.3 Å². The van der Waals surface area contributed by atoms with Gasteiger partial charge in [-0.15, -0.1) is 0 Å². The summed E-state index contributed by atoms with van der Waals surface area (Å²) in [5, 5.41) is 2.34. The second-order valence-corrected chi connectivity index (χ2v) is 8.21. The zero-order valence-electron chi connectivity index (χ0n) is 12.5. The predicted molar refractivity (Wildman–Crippen MR) is 81.3 cm³/mol. The van der Waals surface area contributed by atoms with E-state index in [2.05, 4.69) is 10.0 Å². The Hall–Kier alpha value is -1.56. The molecular formula is C14H22N2O3S. The second-order valence-electron chi connectivity index (χ2n) is 5.98. The summed E-state index contributed by atoms with van der Waals surface area (Å²) in [6.45, 7) is 8.91. The molecule has 0 unspecified atom stereocenters. The van der Waals surface area contributed by atoms with Crippen molar-refractivity contribution in [3.8, 4) is 0 Å². The van der Waals surface area contributed by atoms with Gasteiger partial charge in [-0.2, -0.15) is 0 Å². The maximum atomic E-state index is 11.9. The average molecular weight is 298 g/mol. The van der Waals surface area contributed by atoms with Crippen LogP contribution in [0.2, 0.25) is 0 Å². The molecule has 0 saturated heterocycles. The summed E-state index contributed by atoms with van der Waals surface area (Å²) in [6.07, 6.45) is 0. The monoisotopic (exact) mass is 298 g/mol. The fourth-order valence-corrected chi connectivity index (χ4v) is 2.08. The first-order chi connectivity index (χ1) is 9.01. The van der Waals surface area contributed by atoms with Crippen molar-refractivity contribution in [1.29, 1.82) is 0 Å². The van der Waals surface area contributed by atoms with Crippen LogP contribution in [-0.2, 0) is 10.0 Å². The minimum atomic E-state index is -3.36. The SMILES string of the molecule is CC(C)S(=O)(=O)Nc1ccc(C(=O)NC(C)(C)C)cc1. The van der Waals surface area contributed by atoms with Crippen LogP contribution >= 0.6 is 0 Å². The van der Waals surface area contributed by atoms with Gasteiger partial charge in [-0.1, -0.05) is 0 Å². The number of hydrogen-bond acceptors (Lipinski definition) is 3. The van der Waals surface area contributed by atoms with Gasteiger partial charge in [-0.05, 0) is 58.9 Å². The molecule has 0 bridgehead atoms. The second kappa shape index (κ2) is 5.83. The molecule has 0 saturated carbocycles. The van der Waals surface area contributed by atoms with Gasteiger partial charge in [0.25, 0.3) is 5.91 Å². The number of benzene rings is 1. The van der Waals surface area contributed by atoms with E-state index in [4.69, 9.17) is 0 Å². The summed E-state index contributed by atoms with van der Waals surface area (Å²) >= 11 is 0. The Morgan fingerprint density at radius 2 is 1.60 bits per heavy atom. The Kier molecular flexibility index (Phi) is 4.81. The quantitative estimate of drug-likeness (QED) is 0.896. The van der Waals surface area contributed by atoms with E-state index in [9.17, 15) is 13.2 Å². The highest BCUT2D eigenvalue weighted by molar-refractivity contribution is 7.93. The molecule has 0 atom stereocenters. The Labute approximate surface area is 120 Å². The number of nitrogens with one attached hydrogen (secondary N) is 2. The van der Waals surface area contributed by atoms with Gasteiger partial charge in [0.1, 0.15) is 0 Å². The molecule has 1 amide bonds. The molecule has 0 radical (unpaired) electrons. The molecule has 0 spiro atoms. The first kappa shape index (κ1) is 16.5. The molecule has 20 heavy (non-hydrogen) atoms. The maximum Gasteiger partial charge on any atom is 0.251 e. The molecule has 0 aliphatic carbocycles. The molecule has 112 valence electrons. The van der Waals surface area contributed by atoms with Gasteiger partial charge >= 0.3 is 0 Å². The van der Waals surface area contributed by atoms with E-state index in [1.807, 2.05) is 20.8 Å². The molecule has 0 aliphatic rings. The molecule has 6 heteroatoms. The van der Waals surface area contributed by atoms with Gasteiger partial charge < -0.3 is 5.32 Å². The predicted octanol–water partition coefficient (Wildman–Crippen LogP) is 2.37. The van der Waals surface area contributed by atoms with E-state index in [1.54, 1.807) is 38.1 Å². The molecule has 2 N–H and O–H groups in total. The molecule has 1 aromatic rings. The highest BCUT2D eigenvalue weighted by Gasteiger charge is 2.17. The summed E-state index contributed by atoms with van der Waals surface area (Å²) in [5.41, 5.74) is 0.632. The number of amides is 1. The van der Waals surface area contributed by atoms with Crippen LogP contribution in [0, 0.1) is 0 Å². The average Bonchev–Trinajstić information content (AvgIpc) is 2.26. The lowest BCUT2D eigenvalue weighted by Crippen LogP contribution is -2.40. The van der Waals surface area contributed by atoms with Gasteiger partial charge in [0.05, 0.1) is 5.25 Å². The summed E-state index contributed by atoms with van der Waals surface area (Å²) < 4.78 is 25.9. The van der Waals surface area contributed by atoms with E-state index >= 15 is 0 Å². The van der Waals surface area contributed by atoms with Crippen LogP contribution in [0.3, 0.4) is 0 Å². The number of sulfonamides is 1. The standard InChI is InChI=1S/C14H22N2O3S/c1-10(2)20(18,19)16-12-8-6-11(7-9-12)13(17)15-14(3,4)5/h6-10,16H,1-5H3,(H,15,17). The molecule has 0 heterocycles. The molecule has 5 nitrogen and oxygen atoms in total. The maximum absolute atomic E-state index is 11.9. The van der Waals surface area contributed by atoms with E-state index in [-0.39, 0.29) is 11.4 Å². The minimum Gasteiger partial charge on any atom is -0.347 e. The Balaban J connectivity index is 2.82. The number of carbonyl (C=O) groups is 1. The summed E-state index contributed by atoms with van der Waals surface area (Å²) in [7, 11) is -3.36. The smallest absolute Gasteiger partial charge is 0.251 e. The highest BCUT2D eigenvalue weighted by Crippen LogP contribution is 2.14. The summed E-state index contributed by atoms with van der Waals surface area (Å²) in [5.74, 6) is -0.184. The lowest BCUT2D eigenvalue weighted by atomic mass is 10.1. The van der Waals surface area contributed by atoms with Crippen LogP contribution < -0.4 is 10.0 Å². The van der Waals surface area contributed by atoms with Crippen molar-refractivity contribution < 1.29 is 13.2 Å². The molecular weight excluding hydrogens is 276 g/mol. The van der Waals surface area contributed by atoms with E-state index in [1.165, 1.54) is 0 Å². The molecule has 0 aromatic heterocycles. The van der Waals surface area contributed by atoms with Gasteiger partial charge in [0.15, 0.2) is 0 Å². The minimum absolute atomic E-state index is 0.184. The van der Waals surface area contributed by atoms with E-state index < -0.39 is 15.3 Å². The van der Waals surface area contributed by atoms with Gasteiger partial charge in [0.2, 0.25) is 10.0 Å². The number of hydrogen-bond donors (Lipinski definition) is 2. The fourth-order valence-electron chi connectivity index (χ4n) is 1.38. The van der Waals surface area contributed by atoms with Gasteiger partial charge in [0, 0.05) is 16.8 Å². The number of rotatable bonds is 4. The normalized spacial score (nSPS) is 12.3. The topological polar surface area (TPSA) is 75.3 Å². The van der Waals surface area contributed by atoms with Crippen LogP contribution in [0.4, 0.5) is 5.69 Å². The molecule has 1 rings (SSSR count). The number of carbonyl (C=O) groups excluding carboxylic acids is 1. The van der Waals surface area contributed by atoms with E-state index in [0.29, 0.717) is 11.3 Å². The van der Waals surface area contributed by atoms with Gasteiger partial charge in [-0.3, -0.25) is 9.52 Å². The zero-order chi connectivity index (χ0) is 15.6. The van der Waals surface area contributed by atoms with Crippen LogP contribution in [0.25, 0.3) is 0 Å². The van der Waals surface area contributed by atoms with Crippen LogP contribution in [0.5, 0.6) is 0 Å². The zero-order valence-corrected chi connectivity index (χ0v) is 13.3. The van der Waals surface area contributed by atoms with Crippen molar-refractivity contribution in [2.75, 3.05) is 4.72 Å². The van der Waals surface area contributed by atoms with E-state index in [0.717, 1.165) is 0 Å². The van der Waals surface area contributed by atoms with Crippen molar-refractivity contribution in [2.45, 2.75) is 45.4 Å². The van der Waals surface area contributed by atoms with Crippen molar-refractivity contribution in [3.05, 3.63) is 29.8 Å². The lowest BCUT2D eigenvalue weighted by molar-refractivity contribution is 0.0919. The lowest BCUT2D eigenvalue weighted by Gasteiger charge is -2.20. The van der Waals surface area contributed by atoms with Crippen LogP contribution in [-0.4, -0.2) is 25.1 Å². The largest absolute Gasteiger partial charge is 0.347 e. The summed E-state index contributed by atoms with van der Waals surface area (Å²) in [4.78, 5) is 11.9. The molecule has 0 fully saturated rings. The number of anilines is 1. The van der Waals surface area contributed by atoms with Crippen LogP contribution in [0.1, 0.15) is 45.0 Å². The third-order valence-electron chi connectivity index (χ3n) is 2.52. The van der Waals surface area contributed by atoms with Gasteiger partial charge in [-0.25, -0.2) is 8.42 Å². The van der Waals surface area contributed by atoms with Crippen molar-refractivity contribution in [3.63, 3.8) is 0 Å². The Morgan fingerprint density at radius 1 is 1.10 bits per heavy atom. The first-order valence-electron chi connectivity index (χ1n) is 6.45. The Bertz CT molecular complexity index is 569. The summed E-state index contributed by atoms with van der Waals surface area (Å²) in [6, 6.07) is 6.35. The molecule has 1 aromatic carbocycles. The molecule has 0 aliphatic heterocycles. The van der Waals surface area contributed by atoms with Crippen molar-refractivity contribution in [1.82, 2.24) is 5.32 Å². The Morgan fingerprint density at radius 3 is 2.00 bits per heavy atom.